The van der Waals surface area contributed by atoms with Gasteiger partial charge in [0.05, 0.1) is 17.7 Å². The molecule has 1 fully saturated rings. The van der Waals surface area contributed by atoms with Crippen LogP contribution in [0.2, 0.25) is 0 Å². The highest BCUT2D eigenvalue weighted by atomic mass is 16.3. The van der Waals surface area contributed by atoms with Crippen LogP contribution in [0.3, 0.4) is 0 Å². The topological polar surface area (TPSA) is 69.6 Å². The Morgan fingerprint density at radius 2 is 2.14 bits per heavy atom. The van der Waals surface area contributed by atoms with Gasteiger partial charge in [-0.15, -0.1) is 0 Å². The molecule has 1 aliphatic heterocycles. The molecule has 1 amide bonds. The molecule has 1 atom stereocenters. The molecule has 1 saturated heterocycles. The fourth-order valence-electron chi connectivity index (χ4n) is 4.01. The van der Waals surface area contributed by atoms with E-state index in [0.29, 0.717) is 18.0 Å². The number of carbonyl (C=O) groups excluding carboxylic acids is 1. The molecule has 1 aromatic carbocycles. The van der Waals surface area contributed by atoms with Crippen LogP contribution in [0.5, 0.6) is 0 Å². The zero-order valence-electron chi connectivity index (χ0n) is 16.7. The van der Waals surface area contributed by atoms with Crippen molar-refractivity contribution >= 4 is 16.8 Å². The van der Waals surface area contributed by atoms with E-state index in [1.807, 2.05) is 42.6 Å². The molecule has 3 aromatic rings. The van der Waals surface area contributed by atoms with E-state index >= 15 is 0 Å². The summed E-state index contributed by atoms with van der Waals surface area (Å²) in [5, 5.41) is 10.1. The molecule has 6 nitrogen and oxygen atoms in total. The minimum absolute atomic E-state index is 0.0515. The van der Waals surface area contributed by atoms with Crippen LogP contribution in [0, 0.1) is 0 Å². The molecule has 1 aliphatic rings. The van der Waals surface area contributed by atoms with Crippen molar-refractivity contribution in [3.05, 3.63) is 71.7 Å². The van der Waals surface area contributed by atoms with Gasteiger partial charge in [0.2, 0.25) is 0 Å². The highest BCUT2D eigenvalue weighted by Crippen LogP contribution is 2.30. The first-order valence-electron chi connectivity index (χ1n) is 10.0. The molecular formula is C23H26N4O2. The molecule has 0 aliphatic carbocycles. The third-order valence-electron chi connectivity index (χ3n) is 5.57. The lowest BCUT2D eigenvalue weighted by Gasteiger charge is -2.19. The molecule has 29 heavy (non-hydrogen) atoms. The zero-order chi connectivity index (χ0) is 20.2. The van der Waals surface area contributed by atoms with Crippen molar-refractivity contribution in [2.75, 3.05) is 33.3 Å². The van der Waals surface area contributed by atoms with Crippen molar-refractivity contribution in [2.24, 2.45) is 0 Å². The number of aliphatic hydroxyl groups is 1. The highest BCUT2D eigenvalue weighted by Gasteiger charge is 2.27. The second kappa shape index (κ2) is 8.68. The average molecular weight is 390 g/mol. The van der Waals surface area contributed by atoms with Crippen molar-refractivity contribution in [1.29, 1.82) is 0 Å². The molecular weight excluding hydrogens is 364 g/mol. The molecule has 0 saturated carbocycles. The number of benzene rings is 1. The van der Waals surface area contributed by atoms with Gasteiger partial charge in [0.15, 0.2) is 0 Å². The standard InChI is InChI=1S/C23H26N4O2/c1-26(11-12-28)23(29)20-13-22(25-21-7-3-2-6-19(20)21)18-8-10-27(16-18)15-17-5-4-9-24-14-17/h2-7,9,13-14,18,28H,8,10-12,15-16H2,1H3/t18-/m1/s1. The second-order valence-electron chi connectivity index (χ2n) is 7.64. The fourth-order valence-corrected chi connectivity index (χ4v) is 4.01. The maximum atomic E-state index is 13.0. The van der Waals surface area contributed by atoms with E-state index in [9.17, 15) is 9.90 Å². The van der Waals surface area contributed by atoms with E-state index in [1.165, 1.54) is 5.56 Å². The zero-order valence-corrected chi connectivity index (χ0v) is 16.7. The first-order valence-corrected chi connectivity index (χ1v) is 10.0. The van der Waals surface area contributed by atoms with Crippen molar-refractivity contribution in [3.63, 3.8) is 0 Å². The molecule has 0 spiro atoms. The number of hydrogen-bond donors (Lipinski definition) is 1. The number of pyridine rings is 2. The van der Waals surface area contributed by atoms with Gasteiger partial charge < -0.3 is 10.0 Å². The highest BCUT2D eigenvalue weighted by molar-refractivity contribution is 6.06. The summed E-state index contributed by atoms with van der Waals surface area (Å²) in [7, 11) is 1.72. The summed E-state index contributed by atoms with van der Waals surface area (Å²) >= 11 is 0. The Bertz CT molecular complexity index is 993. The SMILES string of the molecule is CN(CCO)C(=O)c1cc([C@@H]2CCN(Cc3cccnc3)C2)nc2ccccc12. The van der Waals surface area contributed by atoms with Gasteiger partial charge in [0.1, 0.15) is 0 Å². The number of para-hydroxylation sites is 1. The largest absolute Gasteiger partial charge is 0.395 e. The van der Waals surface area contributed by atoms with Gasteiger partial charge in [0.25, 0.3) is 5.91 Å². The van der Waals surface area contributed by atoms with Crippen molar-refractivity contribution in [2.45, 2.75) is 18.9 Å². The minimum Gasteiger partial charge on any atom is -0.395 e. The quantitative estimate of drug-likeness (QED) is 0.701. The number of likely N-dealkylation sites (tertiary alicyclic amines) is 1. The average Bonchev–Trinajstić information content (AvgIpc) is 3.22. The van der Waals surface area contributed by atoms with Crippen molar-refractivity contribution < 1.29 is 9.90 Å². The maximum Gasteiger partial charge on any atom is 0.254 e. The lowest BCUT2D eigenvalue weighted by molar-refractivity contribution is 0.0768. The number of likely N-dealkylation sites (N-methyl/N-ethyl adjacent to an activating group) is 1. The molecule has 2 aromatic heterocycles. The Morgan fingerprint density at radius 1 is 1.28 bits per heavy atom. The van der Waals surface area contributed by atoms with E-state index in [0.717, 1.165) is 42.7 Å². The smallest absolute Gasteiger partial charge is 0.254 e. The molecule has 1 N–H and O–H groups in total. The first-order chi connectivity index (χ1) is 14.2. The molecule has 150 valence electrons. The van der Waals surface area contributed by atoms with Crippen LogP contribution in [0.15, 0.2) is 54.9 Å². The summed E-state index contributed by atoms with van der Waals surface area (Å²) in [4.78, 5) is 26.1. The Morgan fingerprint density at radius 3 is 2.93 bits per heavy atom. The van der Waals surface area contributed by atoms with Gasteiger partial charge in [-0.2, -0.15) is 0 Å². The second-order valence-corrected chi connectivity index (χ2v) is 7.64. The Hall–Kier alpha value is -2.83. The summed E-state index contributed by atoms with van der Waals surface area (Å²) in [6.07, 6.45) is 4.72. The summed E-state index contributed by atoms with van der Waals surface area (Å²) in [6.45, 7) is 3.06. The van der Waals surface area contributed by atoms with Crippen LogP contribution >= 0.6 is 0 Å². The van der Waals surface area contributed by atoms with Gasteiger partial charge in [-0.05, 0) is 36.7 Å². The normalized spacial score (nSPS) is 17.0. The van der Waals surface area contributed by atoms with Crippen LogP contribution in [0.4, 0.5) is 0 Å². The van der Waals surface area contributed by atoms with Crippen molar-refractivity contribution in [1.82, 2.24) is 19.8 Å². The molecule has 6 heteroatoms. The Labute approximate surface area is 170 Å². The number of nitrogens with zero attached hydrogens (tertiary/aromatic N) is 4. The van der Waals surface area contributed by atoms with Crippen LogP contribution in [0.25, 0.3) is 10.9 Å². The fraction of sp³-hybridized carbons (Fsp3) is 0.348. The first kappa shape index (κ1) is 19.5. The number of carbonyl (C=O) groups is 1. The van der Waals surface area contributed by atoms with Crippen molar-refractivity contribution in [3.8, 4) is 0 Å². The minimum atomic E-state index is -0.0795. The van der Waals surface area contributed by atoms with Crippen LogP contribution < -0.4 is 0 Å². The maximum absolute atomic E-state index is 13.0. The van der Waals surface area contributed by atoms with E-state index in [-0.39, 0.29) is 12.5 Å². The number of aromatic nitrogens is 2. The third kappa shape index (κ3) is 4.28. The van der Waals surface area contributed by atoms with Gasteiger partial charge >= 0.3 is 0 Å². The Balaban J connectivity index is 1.60. The monoisotopic (exact) mass is 390 g/mol. The molecule has 0 unspecified atom stereocenters. The molecule has 3 heterocycles. The third-order valence-corrected chi connectivity index (χ3v) is 5.57. The predicted octanol–water partition coefficient (Wildman–Crippen LogP) is 2.68. The number of fused-ring (bicyclic) bond motifs is 1. The Kier molecular flexibility index (Phi) is 5.83. The summed E-state index contributed by atoms with van der Waals surface area (Å²) in [5.74, 6) is 0.218. The van der Waals surface area contributed by atoms with Gasteiger partial charge in [-0.25, -0.2) is 0 Å². The lowest BCUT2D eigenvalue weighted by atomic mass is 9.99. The van der Waals surface area contributed by atoms with Crippen LogP contribution in [0.1, 0.15) is 34.0 Å². The number of aliphatic hydroxyl groups excluding tert-OH is 1. The number of amides is 1. The van der Waals surface area contributed by atoms with Gasteiger partial charge in [-0.1, -0.05) is 24.3 Å². The summed E-state index contributed by atoms with van der Waals surface area (Å²) in [6, 6.07) is 13.8. The van der Waals surface area contributed by atoms with E-state index in [4.69, 9.17) is 4.98 Å². The summed E-state index contributed by atoms with van der Waals surface area (Å²) < 4.78 is 0. The van der Waals surface area contributed by atoms with E-state index in [1.54, 1.807) is 18.1 Å². The van der Waals surface area contributed by atoms with Crippen LogP contribution in [-0.2, 0) is 6.54 Å². The van der Waals surface area contributed by atoms with Gasteiger partial charge in [0, 0.05) is 56.1 Å². The van der Waals surface area contributed by atoms with Crippen LogP contribution in [-0.4, -0.2) is 64.1 Å². The van der Waals surface area contributed by atoms with E-state index in [2.05, 4.69) is 16.0 Å². The molecule has 0 bridgehead atoms. The number of hydrogen-bond acceptors (Lipinski definition) is 5. The molecule has 4 rings (SSSR count). The molecule has 0 radical (unpaired) electrons. The number of rotatable bonds is 6. The van der Waals surface area contributed by atoms with Gasteiger partial charge in [-0.3, -0.25) is 19.7 Å². The van der Waals surface area contributed by atoms with E-state index < -0.39 is 0 Å². The lowest BCUT2D eigenvalue weighted by Crippen LogP contribution is -2.30. The summed E-state index contributed by atoms with van der Waals surface area (Å²) in [5.41, 5.74) is 3.68. The predicted molar refractivity (Wildman–Crippen MR) is 113 cm³/mol.